The monoisotopic (exact) mass is 304 g/mol. The number of rotatable bonds is 4. The van der Waals surface area contributed by atoms with E-state index in [1.54, 1.807) is 0 Å². The normalized spacial score (nSPS) is 39.9. The van der Waals surface area contributed by atoms with Crippen molar-refractivity contribution in [1.82, 2.24) is 0 Å². The molecule has 0 radical (unpaired) electrons. The van der Waals surface area contributed by atoms with Gasteiger partial charge in [0.25, 0.3) is 0 Å². The highest BCUT2D eigenvalue weighted by atomic mass is 16.6. The summed E-state index contributed by atoms with van der Waals surface area (Å²) < 4.78 is 11.4. The predicted octanol–water partition coefficient (Wildman–Crippen LogP) is -0.499. The van der Waals surface area contributed by atoms with Crippen LogP contribution in [0.1, 0.15) is 24.3 Å². The number of benzene rings is 1. The number of fused-ring (bicyclic) bond motifs is 5. The first-order chi connectivity index (χ1) is 10.7. The third kappa shape index (κ3) is 2.24. The molecule has 5 nitrogen and oxygen atoms in total. The van der Waals surface area contributed by atoms with Crippen LogP contribution in [0.25, 0.3) is 0 Å². The van der Waals surface area contributed by atoms with Gasteiger partial charge in [-0.1, -0.05) is 30.3 Å². The van der Waals surface area contributed by atoms with Gasteiger partial charge in [0.15, 0.2) is 0 Å². The van der Waals surface area contributed by atoms with Gasteiger partial charge in [0.1, 0.15) is 36.3 Å². The van der Waals surface area contributed by atoms with Crippen molar-refractivity contribution in [3.8, 4) is 0 Å². The number of piperidine rings is 1. The fourth-order valence-corrected chi connectivity index (χ4v) is 4.22. The summed E-state index contributed by atoms with van der Waals surface area (Å²) in [5, 5.41) is 9.56. The number of carbonyl (C=O) groups is 1. The van der Waals surface area contributed by atoms with Gasteiger partial charge in [-0.25, -0.2) is 0 Å². The largest absolute Gasteiger partial charge is 0.461 e. The predicted molar refractivity (Wildman–Crippen MR) is 78.5 cm³/mol. The van der Waals surface area contributed by atoms with Crippen LogP contribution in [0.2, 0.25) is 0 Å². The molecule has 2 bridgehead atoms. The molecule has 0 saturated carbocycles. The third-order valence-electron chi connectivity index (χ3n) is 5.51. The van der Waals surface area contributed by atoms with Gasteiger partial charge in [-0.3, -0.25) is 4.79 Å². The van der Waals surface area contributed by atoms with Gasteiger partial charge >= 0.3 is 5.97 Å². The topological polar surface area (TPSA) is 63.5 Å². The molecule has 118 valence electrons. The number of likely N-dealkylation sites (N-methyl/N-ethyl adjacent to an activating group) is 1. The summed E-state index contributed by atoms with van der Waals surface area (Å²) in [7, 11) is 2.21. The summed E-state index contributed by atoms with van der Waals surface area (Å²) in [6.45, 7) is -0.220. The van der Waals surface area contributed by atoms with Crippen LogP contribution < -0.4 is 4.90 Å². The van der Waals surface area contributed by atoms with Gasteiger partial charge in [-0.2, -0.15) is 0 Å². The minimum Gasteiger partial charge on any atom is -0.461 e. The first-order valence-electron chi connectivity index (χ1n) is 8.04. The van der Waals surface area contributed by atoms with Crippen LogP contribution in [-0.2, 0) is 14.3 Å². The van der Waals surface area contributed by atoms with Crippen molar-refractivity contribution in [2.75, 3.05) is 13.7 Å². The molecule has 0 amide bonds. The minimum atomic E-state index is -0.586. The smallest absolute Gasteiger partial charge is 0.316 e. The molecule has 3 fully saturated rings. The Morgan fingerprint density at radius 1 is 1.32 bits per heavy atom. The molecule has 3 aliphatic rings. The molecular formula is C17H22NO4+. The van der Waals surface area contributed by atoms with Crippen molar-refractivity contribution in [3.63, 3.8) is 0 Å². The second-order valence-electron chi connectivity index (χ2n) is 6.70. The van der Waals surface area contributed by atoms with Gasteiger partial charge < -0.3 is 19.5 Å². The number of quaternary nitrogens is 1. The highest BCUT2D eigenvalue weighted by molar-refractivity contribution is 5.78. The molecule has 1 aromatic rings. The lowest BCUT2D eigenvalue weighted by Crippen LogP contribution is -3.17. The van der Waals surface area contributed by atoms with Crippen molar-refractivity contribution in [2.24, 2.45) is 0 Å². The first kappa shape index (κ1) is 14.2. The van der Waals surface area contributed by atoms with Crippen LogP contribution in [0.15, 0.2) is 30.3 Å². The van der Waals surface area contributed by atoms with Crippen molar-refractivity contribution in [3.05, 3.63) is 35.9 Å². The van der Waals surface area contributed by atoms with E-state index in [2.05, 4.69) is 7.05 Å². The summed E-state index contributed by atoms with van der Waals surface area (Å²) in [5.41, 5.74) is 0.808. The van der Waals surface area contributed by atoms with Crippen LogP contribution in [-0.4, -0.2) is 55.1 Å². The number of esters is 1. The molecule has 0 spiro atoms. The third-order valence-corrected chi connectivity index (χ3v) is 5.51. The minimum absolute atomic E-state index is 0.0413. The molecule has 4 rings (SSSR count). The Bertz CT molecular complexity index is 545. The number of nitrogens with one attached hydrogen (secondary N) is 1. The molecule has 3 aliphatic heterocycles. The number of aliphatic hydroxyl groups is 1. The molecule has 2 N–H and O–H groups in total. The van der Waals surface area contributed by atoms with Gasteiger partial charge in [0, 0.05) is 12.8 Å². The summed E-state index contributed by atoms with van der Waals surface area (Å²) in [6.07, 6.45) is 2.43. The maximum absolute atomic E-state index is 12.4. The number of morpholine rings is 1. The fraction of sp³-hybridized carbons (Fsp3) is 0.588. The van der Waals surface area contributed by atoms with E-state index in [1.807, 2.05) is 30.3 Å². The molecule has 3 saturated heterocycles. The van der Waals surface area contributed by atoms with Crippen molar-refractivity contribution in [2.45, 2.75) is 49.2 Å². The van der Waals surface area contributed by atoms with Crippen LogP contribution in [0.3, 0.4) is 0 Å². The Kier molecular flexibility index (Phi) is 3.44. The van der Waals surface area contributed by atoms with Crippen molar-refractivity contribution in [1.29, 1.82) is 0 Å². The Hall–Kier alpha value is -1.43. The van der Waals surface area contributed by atoms with Crippen molar-refractivity contribution < 1.29 is 24.3 Å². The van der Waals surface area contributed by atoms with E-state index in [0.717, 1.165) is 18.4 Å². The highest BCUT2D eigenvalue weighted by Gasteiger charge is 2.66. The fourth-order valence-electron chi connectivity index (χ4n) is 4.22. The molecule has 1 aromatic carbocycles. The van der Waals surface area contributed by atoms with E-state index in [9.17, 15) is 9.90 Å². The van der Waals surface area contributed by atoms with Crippen LogP contribution in [0, 0.1) is 0 Å². The van der Waals surface area contributed by atoms with Gasteiger partial charge in [0.2, 0.25) is 0 Å². The molecule has 5 heteroatoms. The first-order valence-corrected chi connectivity index (χ1v) is 8.04. The average molecular weight is 304 g/mol. The zero-order valence-electron chi connectivity index (χ0n) is 12.6. The van der Waals surface area contributed by atoms with E-state index >= 15 is 0 Å². The Morgan fingerprint density at radius 3 is 2.55 bits per heavy atom. The van der Waals surface area contributed by atoms with E-state index in [0.29, 0.717) is 24.3 Å². The Labute approximate surface area is 129 Å². The van der Waals surface area contributed by atoms with Crippen LogP contribution in [0.4, 0.5) is 0 Å². The second kappa shape index (κ2) is 5.33. The number of aliphatic hydroxyl groups excluding tert-OH is 1. The van der Waals surface area contributed by atoms with E-state index in [-0.39, 0.29) is 18.7 Å². The lowest BCUT2D eigenvalue weighted by Gasteiger charge is -2.35. The SMILES string of the molecule is C[NH+]1[C@@H]2CC(OC(=O)[C@@H](CO)c3ccccc3)C[C@H]1[C@@H]1O[C@@H]12. The summed E-state index contributed by atoms with van der Waals surface area (Å²) in [5.74, 6) is -0.899. The standard InChI is InChI=1S/C17H21NO4/c1-18-13-7-11(8-14(18)16-15(13)22-16)21-17(20)12(9-19)10-5-3-2-4-6-10/h2-6,11-16,19H,7-9H2,1H3/p+1/t11?,12-,13-,14+,15-,16+/m0/s1. The lowest BCUT2D eigenvalue weighted by atomic mass is 9.97. The molecule has 7 atom stereocenters. The number of epoxide rings is 1. The average Bonchev–Trinajstić information content (AvgIpc) is 3.27. The maximum Gasteiger partial charge on any atom is 0.316 e. The van der Waals surface area contributed by atoms with Gasteiger partial charge in [0.05, 0.1) is 13.7 Å². The van der Waals surface area contributed by atoms with Crippen LogP contribution >= 0.6 is 0 Å². The lowest BCUT2D eigenvalue weighted by molar-refractivity contribution is -0.930. The quantitative estimate of drug-likeness (QED) is 0.581. The molecule has 2 unspecified atom stereocenters. The van der Waals surface area contributed by atoms with E-state index < -0.39 is 5.92 Å². The van der Waals surface area contributed by atoms with E-state index in [4.69, 9.17) is 9.47 Å². The zero-order valence-corrected chi connectivity index (χ0v) is 12.6. The maximum atomic E-state index is 12.4. The Balaban J connectivity index is 1.42. The number of hydrogen-bond acceptors (Lipinski definition) is 4. The summed E-state index contributed by atoms with van der Waals surface area (Å²) >= 11 is 0. The van der Waals surface area contributed by atoms with E-state index in [1.165, 1.54) is 4.90 Å². The van der Waals surface area contributed by atoms with Gasteiger partial charge in [-0.05, 0) is 5.56 Å². The second-order valence-corrected chi connectivity index (χ2v) is 6.70. The zero-order chi connectivity index (χ0) is 15.3. The summed E-state index contributed by atoms with van der Waals surface area (Å²) in [6, 6.07) is 10.2. The number of ether oxygens (including phenoxy) is 2. The van der Waals surface area contributed by atoms with Crippen LogP contribution in [0.5, 0.6) is 0 Å². The highest BCUT2D eigenvalue weighted by Crippen LogP contribution is 2.39. The molecule has 0 aliphatic carbocycles. The van der Waals surface area contributed by atoms with Gasteiger partial charge in [-0.15, -0.1) is 0 Å². The number of carbonyl (C=O) groups excluding carboxylic acids is 1. The molecule has 22 heavy (non-hydrogen) atoms. The molecule has 3 heterocycles. The number of hydrogen-bond donors (Lipinski definition) is 2. The molecular weight excluding hydrogens is 282 g/mol. The molecule has 0 aromatic heterocycles. The van der Waals surface area contributed by atoms with Crippen molar-refractivity contribution >= 4 is 5.97 Å². The Morgan fingerprint density at radius 2 is 1.95 bits per heavy atom. The summed E-state index contributed by atoms with van der Waals surface area (Å²) in [4.78, 5) is 14.0.